The number of nitrogens with one attached hydrogen (secondary N) is 1. The van der Waals surface area contributed by atoms with Gasteiger partial charge in [0, 0.05) is 34.2 Å². The number of aromatic nitrogens is 1. The van der Waals surface area contributed by atoms with Crippen LogP contribution in [-0.2, 0) is 27.2 Å². The third-order valence-electron chi connectivity index (χ3n) is 6.51. The molecule has 0 saturated heterocycles. The number of pyridine rings is 1. The fourth-order valence-corrected chi connectivity index (χ4v) is 5.59. The van der Waals surface area contributed by atoms with Gasteiger partial charge in [-0.25, -0.2) is 12.8 Å². The summed E-state index contributed by atoms with van der Waals surface area (Å²) in [5.74, 6) is -5.81. The maximum Gasteiger partial charge on any atom is 0.416 e. The van der Waals surface area contributed by atoms with Crippen LogP contribution in [0.25, 0.3) is 5.57 Å². The van der Waals surface area contributed by atoms with E-state index in [2.05, 4.69) is 11.6 Å². The van der Waals surface area contributed by atoms with Crippen LogP contribution in [0, 0.1) is 11.7 Å². The van der Waals surface area contributed by atoms with Gasteiger partial charge in [-0.1, -0.05) is 37.8 Å². The second-order valence-corrected chi connectivity index (χ2v) is 11.5. The van der Waals surface area contributed by atoms with Gasteiger partial charge in [0.2, 0.25) is 0 Å². The SMILES string of the molecule is C=C([C@@H](C)C(=O)/C(C)=C(/c1cc(C(F)(F)F)ccc1Cc1ccccc1F)c1ccc[nH]c1=O)S(=O)(=O)CC(F)(F)F. The summed E-state index contributed by atoms with van der Waals surface area (Å²) >= 11 is 0. The number of alkyl halides is 6. The number of aromatic amines is 1. The second-order valence-electron chi connectivity index (χ2n) is 9.48. The van der Waals surface area contributed by atoms with E-state index in [0.29, 0.717) is 6.07 Å². The van der Waals surface area contributed by atoms with Gasteiger partial charge in [-0.15, -0.1) is 0 Å². The lowest BCUT2D eigenvalue weighted by atomic mass is 9.84. The van der Waals surface area contributed by atoms with Crippen molar-refractivity contribution in [2.75, 3.05) is 5.75 Å². The first-order valence-corrected chi connectivity index (χ1v) is 13.8. The molecule has 5 nitrogen and oxygen atoms in total. The Bertz CT molecular complexity index is 1720. The molecule has 0 saturated carbocycles. The van der Waals surface area contributed by atoms with Crippen LogP contribution in [0.4, 0.5) is 30.7 Å². The molecule has 1 aromatic heterocycles. The molecule has 42 heavy (non-hydrogen) atoms. The fourth-order valence-electron chi connectivity index (χ4n) is 4.33. The summed E-state index contributed by atoms with van der Waals surface area (Å²) in [4.78, 5) is 27.7. The van der Waals surface area contributed by atoms with Crippen molar-refractivity contribution in [2.24, 2.45) is 5.92 Å². The van der Waals surface area contributed by atoms with Crippen molar-refractivity contribution >= 4 is 21.2 Å². The predicted molar refractivity (Wildman–Crippen MR) is 143 cm³/mol. The van der Waals surface area contributed by atoms with E-state index in [-0.39, 0.29) is 34.2 Å². The van der Waals surface area contributed by atoms with E-state index in [0.717, 1.165) is 32.0 Å². The Morgan fingerprint density at radius 1 is 0.952 bits per heavy atom. The predicted octanol–water partition coefficient (Wildman–Crippen LogP) is 6.64. The minimum absolute atomic E-state index is 0.0784. The highest BCUT2D eigenvalue weighted by Crippen LogP contribution is 2.37. The third kappa shape index (κ3) is 7.44. The molecule has 3 rings (SSSR count). The number of H-pyrrole nitrogens is 1. The molecule has 224 valence electrons. The van der Waals surface area contributed by atoms with Crippen LogP contribution in [0.3, 0.4) is 0 Å². The van der Waals surface area contributed by atoms with E-state index in [4.69, 9.17) is 0 Å². The molecule has 0 aliphatic carbocycles. The van der Waals surface area contributed by atoms with E-state index < -0.39 is 67.1 Å². The molecule has 0 bridgehead atoms. The molecule has 0 aliphatic heterocycles. The molecule has 0 unspecified atom stereocenters. The number of carbonyl (C=O) groups is 1. The minimum atomic E-state index is -5.13. The number of sulfone groups is 1. The van der Waals surface area contributed by atoms with E-state index in [1.54, 1.807) is 0 Å². The number of ketones is 1. The topological polar surface area (TPSA) is 84.1 Å². The van der Waals surface area contributed by atoms with Crippen LogP contribution < -0.4 is 5.56 Å². The van der Waals surface area contributed by atoms with E-state index in [1.807, 2.05) is 0 Å². The van der Waals surface area contributed by atoms with Crippen LogP contribution >= 0.6 is 0 Å². The number of carbonyl (C=O) groups excluding carboxylic acids is 1. The van der Waals surface area contributed by atoms with Crippen molar-refractivity contribution in [3.8, 4) is 0 Å². The molecule has 2 aromatic carbocycles. The maximum atomic E-state index is 14.5. The van der Waals surface area contributed by atoms with Crippen LogP contribution in [0.15, 0.2) is 82.6 Å². The lowest BCUT2D eigenvalue weighted by molar-refractivity contribution is -0.137. The van der Waals surface area contributed by atoms with Crippen molar-refractivity contribution in [3.05, 3.63) is 122 Å². The summed E-state index contributed by atoms with van der Waals surface area (Å²) in [6.07, 6.45) is -9.04. The van der Waals surface area contributed by atoms with Crippen LogP contribution in [0.5, 0.6) is 0 Å². The Morgan fingerprint density at radius 3 is 2.17 bits per heavy atom. The summed E-state index contributed by atoms with van der Waals surface area (Å²) in [6, 6.07) is 10.5. The smallest absolute Gasteiger partial charge is 0.329 e. The average molecular weight is 616 g/mol. The second kappa shape index (κ2) is 12.1. The first kappa shape index (κ1) is 32.5. The third-order valence-corrected chi connectivity index (χ3v) is 8.37. The van der Waals surface area contributed by atoms with Gasteiger partial charge in [0.05, 0.1) is 11.5 Å². The zero-order valence-corrected chi connectivity index (χ0v) is 23.0. The summed E-state index contributed by atoms with van der Waals surface area (Å²) in [5.41, 5.74) is -3.16. The highest BCUT2D eigenvalue weighted by Gasteiger charge is 2.39. The molecule has 0 aliphatic rings. The molecule has 1 atom stereocenters. The minimum Gasteiger partial charge on any atom is -0.329 e. The molecule has 13 heteroatoms. The number of Topliss-reactive ketones (excluding diaryl/α,β-unsaturated/α-hetero) is 1. The standard InChI is InChI=1S/C29H24F7NO4S/c1-16(18(3)42(40,41)15-28(31,32)33)26(38)17(2)25(22-8-6-12-37-27(22)39)23-14-21(29(34,35)36)11-10-19(23)13-20-7-4-5-9-24(20)30/h4-12,14,16H,3,13,15H2,1-2H3,(H,37,39)/b25-17+/t16-/m1/s1. The number of allylic oxidation sites excluding steroid dienone is 2. The molecular formula is C29H24F7NO4S. The van der Waals surface area contributed by atoms with Gasteiger partial charge in [-0.3, -0.25) is 9.59 Å². The van der Waals surface area contributed by atoms with Crippen LogP contribution in [0.1, 0.15) is 41.7 Å². The Hall–Kier alpha value is -4.00. The summed E-state index contributed by atoms with van der Waals surface area (Å²) in [5, 5.41) is 0. The largest absolute Gasteiger partial charge is 0.416 e. The Morgan fingerprint density at radius 2 is 1.60 bits per heavy atom. The van der Waals surface area contributed by atoms with Crippen molar-refractivity contribution in [2.45, 2.75) is 32.6 Å². The Labute approximate surface area is 236 Å². The number of halogens is 7. The van der Waals surface area contributed by atoms with Gasteiger partial charge in [-0.2, -0.15) is 26.3 Å². The van der Waals surface area contributed by atoms with Crippen molar-refractivity contribution in [3.63, 3.8) is 0 Å². The highest BCUT2D eigenvalue weighted by atomic mass is 32.2. The number of rotatable bonds is 9. The first-order valence-electron chi connectivity index (χ1n) is 12.2. The van der Waals surface area contributed by atoms with E-state index >= 15 is 0 Å². The van der Waals surface area contributed by atoms with E-state index in [1.165, 1.54) is 36.5 Å². The van der Waals surface area contributed by atoms with Gasteiger partial charge in [0.1, 0.15) is 5.82 Å². The van der Waals surface area contributed by atoms with Gasteiger partial charge in [0.15, 0.2) is 21.4 Å². The number of hydrogen-bond donors (Lipinski definition) is 1. The molecule has 0 fully saturated rings. The number of benzene rings is 2. The zero-order valence-electron chi connectivity index (χ0n) is 22.2. The quantitative estimate of drug-likeness (QED) is 0.216. The maximum absolute atomic E-state index is 14.5. The zero-order chi connectivity index (χ0) is 31.6. The molecular weight excluding hydrogens is 591 g/mol. The molecule has 3 aromatic rings. The van der Waals surface area contributed by atoms with Crippen LogP contribution in [-0.4, -0.2) is 31.1 Å². The average Bonchev–Trinajstić information content (AvgIpc) is 2.88. The summed E-state index contributed by atoms with van der Waals surface area (Å²) in [7, 11) is -5.06. The van der Waals surface area contributed by atoms with E-state index in [9.17, 15) is 48.7 Å². The normalized spacial score (nSPS) is 13.8. The molecule has 0 spiro atoms. The molecule has 1 heterocycles. The van der Waals surface area contributed by atoms with Crippen molar-refractivity contribution in [1.82, 2.24) is 4.98 Å². The fraction of sp³-hybridized carbons (Fsp3) is 0.241. The Kier molecular flexibility index (Phi) is 9.35. The van der Waals surface area contributed by atoms with Gasteiger partial charge in [0.25, 0.3) is 5.56 Å². The molecule has 0 amide bonds. The summed E-state index contributed by atoms with van der Waals surface area (Å²) < 4.78 is 119. The monoisotopic (exact) mass is 615 g/mol. The number of hydrogen-bond acceptors (Lipinski definition) is 4. The highest BCUT2D eigenvalue weighted by molar-refractivity contribution is 7.95. The van der Waals surface area contributed by atoms with Crippen molar-refractivity contribution in [1.29, 1.82) is 0 Å². The first-order chi connectivity index (χ1) is 19.3. The van der Waals surface area contributed by atoms with Crippen molar-refractivity contribution < 1.29 is 43.9 Å². The van der Waals surface area contributed by atoms with Gasteiger partial charge >= 0.3 is 12.4 Å². The van der Waals surface area contributed by atoms with Gasteiger partial charge in [-0.05, 0) is 53.9 Å². The molecule has 0 radical (unpaired) electrons. The van der Waals surface area contributed by atoms with Gasteiger partial charge < -0.3 is 4.98 Å². The van der Waals surface area contributed by atoms with Crippen LogP contribution in [0.2, 0.25) is 0 Å². The molecule has 1 N–H and O–H groups in total. The lowest BCUT2D eigenvalue weighted by Gasteiger charge is -2.21. The summed E-state index contributed by atoms with van der Waals surface area (Å²) in [6.45, 7) is 5.27. The lowest BCUT2D eigenvalue weighted by Crippen LogP contribution is -2.28. The Balaban J connectivity index is 2.32.